The van der Waals surface area contributed by atoms with Crippen molar-refractivity contribution < 1.29 is 38.9 Å². The van der Waals surface area contributed by atoms with Gasteiger partial charge in [0.15, 0.2) is 13.9 Å². The number of rotatable bonds is 14. The lowest BCUT2D eigenvalue weighted by molar-refractivity contribution is -0.151. The van der Waals surface area contributed by atoms with Crippen LogP contribution in [0.5, 0.6) is 5.75 Å². The molecule has 6 atom stereocenters. The smallest absolute Gasteiger partial charge is 0.264 e. The van der Waals surface area contributed by atoms with Gasteiger partial charge in [-0.3, -0.25) is 19.3 Å². The molecule has 4 N–H and O–H groups in total. The van der Waals surface area contributed by atoms with E-state index in [1.807, 2.05) is 118 Å². The van der Waals surface area contributed by atoms with Gasteiger partial charge in [-0.05, 0) is 111 Å². The van der Waals surface area contributed by atoms with Crippen molar-refractivity contribution in [2.45, 2.75) is 101 Å². The van der Waals surface area contributed by atoms with E-state index in [1.165, 1.54) is 0 Å². The third-order valence-electron chi connectivity index (χ3n) is 13.2. The number of carbonyl (C=O) groups is 3. The second-order valence-corrected chi connectivity index (χ2v) is 21.5. The van der Waals surface area contributed by atoms with Gasteiger partial charge in [-0.1, -0.05) is 61.5 Å². The Balaban J connectivity index is 1.05. The highest BCUT2D eigenvalue weighted by Crippen LogP contribution is 2.60. The van der Waals surface area contributed by atoms with Crippen LogP contribution in [0, 0.1) is 5.92 Å². The fraction of sp³-hybridized carbons (Fsp3) is 0.438. The summed E-state index contributed by atoms with van der Waals surface area (Å²) in [5.74, 6) is -0.163. The standard InChI is InChI=1S/C48H58N4O8Si/c1-5-59-38-20-21-41-35(25-38)26-40(49-22-10-11-23-53)46(56)52(41)36-18-16-32(17-19-36)28-51-42-15-9-8-14-39(42)48(47(51)57)31(2)45(61(3,4)58)43(60-48)27-44(55)50-29-34-13-7-6-12-33(34)24-37(50)30-54/h6-9,12-21,25,31,37,40,43,45,49,53-54,58H,5,10-11,22-24,26-30H2,1-4H3/t31-,37+,40?,43+,45-,48+/m1/s1. The minimum absolute atomic E-state index is 0.0202. The molecule has 1 fully saturated rings. The van der Waals surface area contributed by atoms with Gasteiger partial charge < -0.3 is 39.6 Å². The molecule has 4 aromatic rings. The van der Waals surface area contributed by atoms with E-state index in [9.17, 15) is 24.6 Å². The van der Waals surface area contributed by atoms with Crippen molar-refractivity contribution in [3.63, 3.8) is 0 Å². The van der Waals surface area contributed by atoms with Gasteiger partial charge in [-0.25, -0.2) is 0 Å². The molecule has 4 heterocycles. The van der Waals surface area contributed by atoms with Crippen LogP contribution in [0.4, 0.5) is 17.1 Å². The van der Waals surface area contributed by atoms with Crippen molar-refractivity contribution >= 4 is 43.1 Å². The molecule has 12 nitrogen and oxygen atoms in total. The Hall–Kier alpha value is -4.89. The Morgan fingerprint density at radius 3 is 2.38 bits per heavy atom. The maximum absolute atomic E-state index is 15.1. The maximum Gasteiger partial charge on any atom is 0.264 e. The van der Waals surface area contributed by atoms with E-state index in [-0.39, 0.29) is 49.9 Å². The number of hydrogen-bond donors (Lipinski definition) is 4. The molecule has 13 heteroatoms. The average Bonchev–Trinajstić information content (AvgIpc) is 3.68. The minimum atomic E-state index is -3.04. The zero-order chi connectivity index (χ0) is 43.1. The Labute approximate surface area is 359 Å². The number of unbranched alkanes of at least 4 members (excludes halogenated alkanes) is 1. The molecule has 4 aliphatic heterocycles. The molecule has 0 saturated carbocycles. The van der Waals surface area contributed by atoms with Crippen LogP contribution in [0.25, 0.3) is 0 Å². The summed E-state index contributed by atoms with van der Waals surface area (Å²) in [5, 5.41) is 23.0. The number of aliphatic hydroxyl groups excluding tert-OH is 2. The zero-order valence-corrected chi connectivity index (χ0v) is 36.5. The number of nitrogens with zero attached hydrogens (tertiary/aromatic N) is 3. The predicted octanol–water partition coefficient (Wildman–Crippen LogP) is 5.72. The third-order valence-corrected chi connectivity index (χ3v) is 15.7. The fourth-order valence-corrected chi connectivity index (χ4v) is 12.9. The molecule has 4 aliphatic rings. The SMILES string of the molecule is CCOc1ccc2c(c1)CC(NCCCCO)C(=O)N2c1ccc(CN2C(=O)[C@@]3(O[C@@H](CC(=O)N4Cc5ccccc5C[C@H]4CO)[C@H]([Si](C)(C)O)[C@H]3C)c3ccccc32)cc1. The van der Waals surface area contributed by atoms with Crippen molar-refractivity contribution in [3.8, 4) is 5.75 Å². The van der Waals surface area contributed by atoms with Gasteiger partial charge in [0.25, 0.3) is 5.91 Å². The van der Waals surface area contributed by atoms with Crippen LogP contribution in [-0.4, -0.2) is 90.5 Å². The lowest BCUT2D eigenvalue weighted by Crippen LogP contribution is -2.49. The monoisotopic (exact) mass is 846 g/mol. The highest BCUT2D eigenvalue weighted by molar-refractivity contribution is 6.71. The summed E-state index contributed by atoms with van der Waals surface area (Å²) in [6.45, 7) is 9.31. The maximum atomic E-state index is 15.1. The van der Waals surface area contributed by atoms with E-state index in [0.717, 1.165) is 51.4 Å². The quantitative estimate of drug-likeness (QED) is 0.0924. The average molecular weight is 847 g/mol. The molecule has 0 bridgehead atoms. The second kappa shape index (κ2) is 17.5. The molecular formula is C48H58N4O8Si. The van der Waals surface area contributed by atoms with Gasteiger partial charge in [0.2, 0.25) is 11.8 Å². The van der Waals surface area contributed by atoms with Gasteiger partial charge in [0.1, 0.15) is 5.75 Å². The third kappa shape index (κ3) is 7.92. The Morgan fingerprint density at radius 1 is 0.918 bits per heavy atom. The number of benzene rings is 4. The first-order chi connectivity index (χ1) is 29.4. The summed E-state index contributed by atoms with van der Waals surface area (Å²) < 4.78 is 12.8. The number of nitrogens with one attached hydrogen (secondary N) is 1. The predicted molar refractivity (Wildman–Crippen MR) is 236 cm³/mol. The summed E-state index contributed by atoms with van der Waals surface area (Å²) in [4.78, 5) is 60.5. The summed E-state index contributed by atoms with van der Waals surface area (Å²) >= 11 is 0. The Bertz CT molecular complexity index is 2260. The summed E-state index contributed by atoms with van der Waals surface area (Å²) in [6, 6.07) is 28.3. The van der Waals surface area contributed by atoms with Crippen molar-refractivity contribution in [1.82, 2.24) is 10.2 Å². The molecule has 322 valence electrons. The van der Waals surface area contributed by atoms with E-state index >= 15 is 4.79 Å². The molecular weight excluding hydrogens is 789 g/mol. The summed E-state index contributed by atoms with van der Waals surface area (Å²) in [6.07, 6.45) is 1.74. The molecule has 61 heavy (non-hydrogen) atoms. The number of amides is 3. The van der Waals surface area contributed by atoms with E-state index in [1.54, 1.807) is 14.7 Å². The largest absolute Gasteiger partial charge is 0.494 e. The molecule has 1 saturated heterocycles. The minimum Gasteiger partial charge on any atom is -0.494 e. The first-order valence-electron chi connectivity index (χ1n) is 21.7. The van der Waals surface area contributed by atoms with Crippen molar-refractivity contribution in [2.24, 2.45) is 5.92 Å². The van der Waals surface area contributed by atoms with E-state index in [4.69, 9.17) is 9.47 Å². The molecule has 1 spiro atoms. The van der Waals surface area contributed by atoms with Gasteiger partial charge in [-0.2, -0.15) is 0 Å². The highest BCUT2D eigenvalue weighted by atomic mass is 28.4. The zero-order valence-electron chi connectivity index (χ0n) is 35.5. The van der Waals surface area contributed by atoms with Gasteiger partial charge in [0, 0.05) is 35.9 Å². The highest BCUT2D eigenvalue weighted by Gasteiger charge is 2.66. The first kappa shape index (κ1) is 42.8. The first-order valence-corrected chi connectivity index (χ1v) is 24.7. The van der Waals surface area contributed by atoms with Crippen LogP contribution < -0.4 is 19.9 Å². The second-order valence-electron chi connectivity index (χ2n) is 17.5. The van der Waals surface area contributed by atoms with Crippen LogP contribution in [-0.2, 0) is 50.7 Å². The van der Waals surface area contributed by atoms with E-state index in [0.29, 0.717) is 44.6 Å². The number of anilines is 3. The van der Waals surface area contributed by atoms with E-state index < -0.39 is 37.5 Å². The summed E-state index contributed by atoms with van der Waals surface area (Å²) in [5.41, 5.74) is 5.11. The van der Waals surface area contributed by atoms with Gasteiger partial charge >= 0.3 is 0 Å². The lowest BCUT2D eigenvalue weighted by Gasteiger charge is -2.37. The Kier molecular flexibility index (Phi) is 12.3. The topological polar surface area (TPSA) is 152 Å². The number of para-hydroxylation sites is 1. The van der Waals surface area contributed by atoms with Crippen LogP contribution in [0.1, 0.15) is 60.9 Å². The Morgan fingerprint density at radius 2 is 1.66 bits per heavy atom. The van der Waals surface area contributed by atoms with E-state index in [2.05, 4.69) is 5.32 Å². The normalized spacial score (nSPS) is 24.6. The molecule has 0 aromatic heterocycles. The number of fused-ring (bicyclic) bond motifs is 4. The number of aliphatic hydroxyl groups is 2. The number of carbonyl (C=O) groups excluding carboxylic acids is 3. The lowest BCUT2D eigenvalue weighted by atomic mass is 9.82. The molecule has 0 aliphatic carbocycles. The molecule has 4 aromatic carbocycles. The van der Waals surface area contributed by atoms with Crippen molar-refractivity contribution in [2.75, 3.05) is 36.2 Å². The summed E-state index contributed by atoms with van der Waals surface area (Å²) in [7, 11) is -3.04. The van der Waals surface area contributed by atoms with Crippen LogP contribution in [0.2, 0.25) is 18.6 Å². The van der Waals surface area contributed by atoms with Gasteiger partial charge in [0.05, 0.1) is 55.7 Å². The van der Waals surface area contributed by atoms with Crippen LogP contribution in [0.15, 0.2) is 91.0 Å². The van der Waals surface area contributed by atoms with Crippen molar-refractivity contribution in [1.29, 1.82) is 0 Å². The van der Waals surface area contributed by atoms with Crippen LogP contribution >= 0.6 is 0 Å². The number of hydrogen-bond acceptors (Lipinski definition) is 9. The molecule has 0 radical (unpaired) electrons. The fourth-order valence-electron chi connectivity index (χ4n) is 10.4. The molecule has 3 amide bonds. The van der Waals surface area contributed by atoms with Crippen molar-refractivity contribution in [3.05, 3.63) is 119 Å². The van der Waals surface area contributed by atoms with Gasteiger partial charge in [-0.15, -0.1) is 0 Å². The van der Waals surface area contributed by atoms with Crippen LogP contribution in [0.3, 0.4) is 0 Å². The number of ether oxygens (including phenoxy) is 2. The molecule has 1 unspecified atom stereocenters. The molecule has 8 rings (SSSR count).